The highest BCUT2D eigenvalue weighted by atomic mass is 79.9. The molecule has 8 nitrogen and oxygen atoms in total. The summed E-state index contributed by atoms with van der Waals surface area (Å²) < 4.78 is 34.5. The molecule has 0 fully saturated rings. The second-order valence-corrected chi connectivity index (χ2v) is 11.3. The molecule has 42 heavy (non-hydrogen) atoms. The van der Waals surface area contributed by atoms with Crippen LogP contribution in [0.1, 0.15) is 35.2 Å². The van der Waals surface area contributed by atoms with Crippen molar-refractivity contribution in [3.63, 3.8) is 0 Å². The van der Waals surface area contributed by atoms with Crippen LogP contribution >= 0.6 is 17.0 Å². The maximum Gasteiger partial charge on any atom is 0.303 e. The van der Waals surface area contributed by atoms with Gasteiger partial charge in [0.25, 0.3) is 15.9 Å². The number of halogens is 1. The number of fused-ring (bicyclic) bond motifs is 2. The van der Waals surface area contributed by atoms with E-state index < -0.39 is 21.9 Å². The highest BCUT2D eigenvalue weighted by Crippen LogP contribution is 2.33. The largest absolute Gasteiger partial charge is 0.497 e. The smallest absolute Gasteiger partial charge is 0.303 e. The van der Waals surface area contributed by atoms with Crippen LogP contribution in [0.15, 0.2) is 102 Å². The lowest BCUT2D eigenvalue weighted by Crippen LogP contribution is -2.37. The van der Waals surface area contributed by atoms with Gasteiger partial charge < -0.3 is 9.84 Å². The number of benzene rings is 4. The van der Waals surface area contributed by atoms with Gasteiger partial charge in [-0.1, -0.05) is 48.5 Å². The molecule has 5 rings (SSSR count). The fourth-order valence-corrected chi connectivity index (χ4v) is 6.19. The molecule has 4 aromatic carbocycles. The normalized spacial score (nSPS) is 11.2. The van der Waals surface area contributed by atoms with Gasteiger partial charge >= 0.3 is 5.97 Å². The summed E-state index contributed by atoms with van der Waals surface area (Å²) in [6.45, 7) is 0. The van der Waals surface area contributed by atoms with Crippen LogP contribution in [-0.2, 0) is 21.2 Å². The third-order valence-electron chi connectivity index (χ3n) is 6.86. The summed E-state index contributed by atoms with van der Waals surface area (Å²) in [7, 11) is -2.86. The molecule has 5 aromatic rings. The van der Waals surface area contributed by atoms with Gasteiger partial charge in [-0.15, -0.1) is 17.0 Å². The van der Waals surface area contributed by atoms with Gasteiger partial charge in [0.2, 0.25) is 0 Å². The number of anilines is 1. The Balaban J connectivity index is 0.00000405. The second kappa shape index (κ2) is 13.1. The minimum atomic E-state index is -4.37. The molecule has 0 aliphatic carbocycles. The van der Waals surface area contributed by atoms with Gasteiger partial charge in [-0.25, -0.2) is 13.4 Å². The Hall–Kier alpha value is -4.28. The Morgan fingerprint density at radius 1 is 0.810 bits per heavy atom. The van der Waals surface area contributed by atoms with Crippen molar-refractivity contribution in [1.29, 1.82) is 0 Å². The van der Waals surface area contributed by atoms with Crippen LogP contribution in [0.25, 0.3) is 21.8 Å². The number of carboxylic acids is 1. The van der Waals surface area contributed by atoms with E-state index in [1.165, 1.54) is 31.4 Å². The number of sulfonamides is 1. The van der Waals surface area contributed by atoms with Crippen LogP contribution in [0.2, 0.25) is 0 Å². The molecule has 1 amide bonds. The standard InChI is InChI=1S/C32H28N2O6S.BrH/c1-40-24-18-16-23(17-19-24)34(41(38,39)25-20-14-22(15-21-25)8-2-7-13-30(35)36)32(37)31-26-9-3-5-11-28(26)33-29-12-6-4-10-27(29)31;/h3-6,9-12,14-21H,2,7-8,13H2,1H3,(H,35,36);1H. The van der Waals surface area contributed by atoms with E-state index in [-0.39, 0.29) is 39.5 Å². The van der Waals surface area contributed by atoms with Crippen molar-refractivity contribution in [2.45, 2.75) is 30.6 Å². The number of carbonyl (C=O) groups is 2. The molecule has 0 atom stereocenters. The number of methoxy groups -OCH3 is 1. The van der Waals surface area contributed by atoms with Gasteiger partial charge in [0.15, 0.2) is 0 Å². The number of aromatic nitrogens is 1. The van der Waals surface area contributed by atoms with Gasteiger partial charge in [0.1, 0.15) is 5.75 Å². The SMILES string of the molecule is Br.COc1ccc(N(C(=O)c2c3ccccc3nc3ccccc23)S(=O)(=O)c2ccc(CCCCC(=O)O)cc2)cc1. The van der Waals surface area contributed by atoms with Crippen LogP contribution in [0.5, 0.6) is 5.75 Å². The molecule has 0 saturated carbocycles. The Morgan fingerprint density at radius 2 is 1.38 bits per heavy atom. The third kappa shape index (κ3) is 6.29. The summed E-state index contributed by atoms with van der Waals surface area (Å²) in [4.78, 5) is 29.9. The first-order valence-electron chi connectivity index (χ1n) is 13.1. The first-order chi connectivity index (χ1) is 19.8. The fourth-order valence-electron chi connectivity index (χ4n) is 4.79. The minimum Gasteiger partial charge on any atom is -0.497 e. The lowest BCUT2D eigenvalue weighted by Gasteiger charge is -2.24. The molecule has 216 valence electrons. The van der Waals surface area contributed by atoms with E-state index in [1.54, 1.807) is 60.7 Å². The summed E-state index contributed by atoms with van der Waals surface area (Å²) in [6.07, 6.45) is 1.90. The van der Waals surface area contributed by atoms with E-state index in [0.717, 1.165) is 9.87 Å². The maximum atomic E-state index is 14.5. The van der Waals surface area contributed by atoms with Gasteiger partial charge in [-0.05, 0) is 73.4 Å². The Morgan fingerprint density at radius 3 is 1.93 bits per heavy atom. The molecule has 0 unspecified atom stereocenters. The van der Waals surface area contributed by atoms with Crippen molar-refractivity contribution < 1.29 is 27.9 Å². The summed E-state index contributed by atoms with van der Waals surface area (Å²) in [5.41, 5.74) is 2.43. The van der Waals surface area contributed by atoms with Crippen LogP contribution in [0, 0.1) is 0 Å². The van der Waals surface area contributed by atoms with Gasteiger partial charge in [0.05, 0.1) is 34.3 Å². The van der Waals surface area contributed by atoms with Crippen LogP contribution in [0.4, 0.5) is 5.69 Å². The van der Waals surface area contributed by atoms with Crippen molar-refractivity contribution in [2.75, 3.05) is 11.4 Å². The number of para-hydroxylation sites is 2. The highest BCUT2D eigenvalue weighted by molar-refractivity contribution is 8.93. The molecule has 0 saturated heterocycles. The average molecular weight is 650 g/mol. The fraction of sp³-hybridized carbons (Fsp3) is 0.156. The monoisotopic (exact) mass is 648 g/mol. The van der Waals surface area contributed by atoms with Crippen LogP contribution in [-0.4, -0.2) is 37.5 Å². The number of aliphatic carboxylic acids is 1. The average Bonchev–Trinajstić information content (AvgIpc) is 2.98. The molecule has 10 heteroatoms. The summed E-state index contributed by atoms with van der Waals surface area (Å²) in [5.74, 6) is -1.03. The number of hydrogen-bond donors (Lipinski definition) is 1. The van der Waals surface area contributed by atoms with Crippen molar-refractivity contribution in [3.8, 4) is 5.75 Å². The van der Waals surface area contributed by atoms with E-state index in [2.05, 4.69) is 4.98 Å². The summed E-state index contributed by atoms with van der Waals surface area (Å²) in [6, 6.07) is 27.0. The molecule has 1 N–H and O–H groups in total. The molecule has 0 aliphatic rings. The number of pyridine rings is 1. The maximum absolute atomic E-state index is 14.5. The number of carboxylic acid groups (broad SMARTS) is 1. The lowest BCUT2D eigenvalue weighted by molar-refractivity contribution is -0.137. The first-order valence-corrected chi connectivity index (χ1v) is 14.6. The molecule has 0 bridgehead atoms. The quantitative estimate of drug-likeness (QED) is 0.131. The van der Waals surface area contributed by atoms with Gasteiger partial charge in [0, 0.05) is 17.2 Å². The highest BCUT2D eigenvalue weighted by Gasteiger charge is 2.34. The van der Waals surface area contributed by atoms with E-state index in [4.69, 9.17) is 9.84 Å². The molecule has 0 aliphatic heterocycles. The Labute approximate surface area is 254 Å². The van der Waals surface area contributed by atoms with E-state index in [0.29, 0.717) is 46.8 Å². The zero-order valence-corrected chi connectivity index (χ0v) is 25.3. The number of hydrogen-bond acceptors (Lipinski definition) is 6. The van der Waals surface area contributed by atoms with Crippen LogP contribution in [0.3, 0.4) is 0 Å². The second-order valence-electron chi connectivity index (χ2n) is 9.54. The number of amides is 1. The number of carbonyl (C=O) groups excluding carboxylic acids is 1. The number of unbranched alkanes of at least 4 members (excludes halogenated alkanes) is 1. The van der Waals surface area contributed by atoms with Gasteiger partial charge in [-0.2, -0.15) is 4.31 Å². The zero-order chi connectivity index (χ0) is 29.0. The molecule has 1 aromatic heterocycles. The number of nitrogens with zero attached hydrogens (tertiary/aromatic N) is 2. The minimum absolute atomic E-state index is 0. The van der Waals surface area contributed by atoms with Crippen molar-refractivity contribution in [1.82, 2.24) is 4.98 Å². The first kappa shape index (κ1) is 30.7. The van der Waals surface area contributed by atoms with Crippen molar-refractivity contribution in [3.05, 3.63) is 108 Å². The zero-order valence-electron chi connectivity index (χ0n) is 22.8. The number of rotatable bonds is 10. The predicted octanol–water partition coefficient (Wildman–Crippen LogP) is 6.81. The molecule has 0 radical (unpaired) electrons. The van der Waals surface area contributed by atoms with Crippen molar-refractivity contribution >= 4 is 66.4 Å². The summed E-state index contributed by atoms with van der Waals surface area (Å²) >= 11 is 0. The molecule has 1 heterocycles. The molecule has 0 spiro atoms. The lowest BCUT2D eigenvalue weighted by atomic mass is 10.0. The van der Waals surface area contributed by atoms with Crippen LogP contribution < -0.4 is 9.04 Å². The third-order valence-corrected chi connectivity index (χ3v) is 8.59. The Bertz CT molecular complexity index is 1790. The summed E-state index contributed by atoms with van der Waals surface area (Å²) in [5, 5.41) is 9.93. The molecular weight excluding hydrogens is 620 g/mol. The van der Waals surface area contributed by atoms with E-state index in [1.807, 2.05) is 12.1 Å². The van der Waals surface area contributed by atoms with Crippen molar-refractivity contribution in [2.24, 2.45) is 0 Å². The van der Waals surface area contributed by atoms with E-state index in [9.17, 15) is 18.0 Å². The number of ether oxygens (including phenoxy) is 1. The molecular formula is C32H29BrN2O6S. The Kier molecular flexibility index (Phi) is 9.59. The van der Waals surface area contributed by atoms with E-state index >= 15 is 0 Å². The predicted molar refractivity (Wildman–Crippen MR) is 168 cm³/mol. The van der Waals surface area contributed by atoms with Gasteiger partial charge in [-0.3, -0.25) is 9.59 Å². The number of aryl methyl sites for hydroxylation is 1. The topological polar surface area (TPSA) is 114 Å².